The number of benzene rings is 2. The molecule has 0 fully saturated rings. The Hall–Kier alpha value is -2.87. The van der Waals surface area contributed by atoms with Gasteiger partial charge in [0.15, 0.2) is 0 Å². The molecule has 0 bridgehead atoms. The van der Waals surface area contributed by atoms with Crippen LogP contribution in [-0.2, 0) is 14.8 Å². The number of sulfonamides is 1. The van der Waals surface area contributed by atoms with Crippen LogP contribution in [0.5, 0.6) is 5.75 Å². The van der Waals surface area contributed by atoms with Crippen LogP contribution < -0.4 is 9.46 Å². The van der Waals surface area contributed by atoms with Crippen molar-refractivity contribution < 1.29 is 17.9 Å². The van der Waals surface area contributed by atoms with E-state index < -0.39 is 10.0 Å². The highest BCUT2D eigenvalue weighted by Gasteiger charge is 2.33. The number of hydrogen-bond donors (Lipinski definition) is 1. The number of anilines is 1. The third-order valence-electron chi connectivity index (χ3n) is 4.48. The first-order chi connectivity index (χ1) is 13.3. The van der Waals surface area contributed by atoms with E-state index in [1.54, 1.807) is 32.2 Å². The van der Waals surface area contributed by atoms with Crippen LogP contribution >= 0.6 is 0 Å². The third-order valence-corrected chi connectivity index (χ3v) is 5.07. The smallest absolute Gasteiger partial charge is 0.242 e. The molecular weight excluding hydrogens is 378 g/mol. The Morgan fingerprint density at radius 2 is 2.00 bits per heavy atom. The monoisotopic (exact) mass is 401 g/mol. The van der Waals surface area contributed by atoms with Gasteiger partial charge in [-0.05, 0) is 23.8 Å². The molecule has 0 aliphatic carbocycles. The molecule has 0 saturated heterocycles. The van der Waals surface area contributed by atoms with Gasteiger partial charge in [-0.2, -0.15) is 5.10 Å². The highest BCUT2D eigenvalue weighted by Crippen LogP contribution is 2.36. The summed E-state index contributed by atoms with van der Waals surface area (Å²) in [5.74, 6) is 0.602. The maximum absolute atomic E-state index is 12.5. The quantitative estimate of drug-likeness (QED) is 0.805. The second-order valence-corrected chi connectivity index (χ2v) is 8.30. The third kappa shape index (κ3) is 4.33. The van der Waals surface area contributed by atoms with Gasteiger partial charge >= 0.3 is 0 Å². The molecule has 1 N–H and O–H groups in total. The van der Waals surface area contributed by atoms with Crippen LogP contribution in [0, 0.1) is 0 Å². The predicted octanol–water partition coefficient (Wildman–Crippen LogP) is 3.15. The summed E-state index contributed by atoms with van der Waals surface area (Å²) in [6, 6.07) is 14.3. The van der Waals surface area contributed by atoms with Gasteiger partial charge in [-0.3, -0.25) is 9.52 Å². The molecule has 1 atom stereocenters. The lowest BCUT2D eigenvalue weighted by Gasteiger charge is -2.21. The fourth-order valence-electron chi connectivity index (χ4n) is 3.20. The minimum absolute atomic E-state index is 0.101. The molecule has 1 amide bonds. The maximum atomic E-state index is 12.5. The van der Waals surface area contributed by atoms with Gasteiger partial charge in [0, 0.05) is 18.4 Å². The predicted molar refractivity (Wildman–Crippen MR) is 109 cm³/mol. The minimum Gasteiger partial charge on any atom is -0.497 e. The molecule has 1 aliphatic heterocycles. The molecule has 2 aromatic carbocycles. The van der Waals surface area contributed by atoms with Crippen molar-refractivity contribution >= 4 is 27.3 Å². The Bertz CT molecular complexity index is 1020. The van der Waals surface area contributed by atoms with Crippen molar-refractivity contribution in [3.05, 3.63) is 59.7 Å². The molecule has 1 heterocycles. The maximum Gasteiger partial charge on any atom is 0.242 e. The van der Waals surface area contributed by atoms with Crippen LogP contribution in [0.2, 0.25) is 0 Å². The lowest BCUT2D eigenvalue weighted by molar-refractivity contribution is -0.132. The van der Waals surface area contributed by atoms with Crippen LogP contribution in [0.4, 0.5) is 5.69 Å². The molecule has 7 nitrogen and oxygen atoms in total. The summed E-state index contributed by atoms with van der Waals surface area (Å²) in [6.07, 6.45) is 1.90. The fraction of sp³-hybridized carbons (Fsp3) is 0.300. The Morgan fingerprint density at radius 1 is 1.25 bits per heavy atom. The Balaban J connectivity index is 2.01. The van der Waals surface area contributed by atoms with Crippen LogP contribution in [0.1, 0.15) is 36.9 Å². The summed E-state index contributed by atoms with van der Waals surface area (Å²) >= 11 is 0. The molecule has 3 rings (SSSR count). The number of rotatable bonds is 6. The number of hydrazone groups is 1. The van der Waals surface area contributed by atoms with E-state index in [-0.39, 0.29) is 11.9 Å². The van der Waals surface area contributed by atoms with E-state index in [0.717, 1.165) is 11.8 Å². The minimum atomic E-state index is -3.44. The molecule has 0 radical (unpaired) electrons. The molecular formula is C20H23N3O4S. The molecule has 148 valence electrons. The first-order valence-electron chi connectivity index (χ1n) is 8.93. The normalized spacial score (nSPS) is 16.6. The van der Waals surface area contributed by atoms with Gasteiger partial charge in [0.25, 0.3) is 0 Å². The summed E-state index contributed by atoms with van der Waals surface area (Å²) in [7, 11) is -1.85. The van der Waals surface area contributed by atoms with E-state index >= 15 is 0 Å². The molecule has 28 heavy (non-hydrogen) atoms. The van der Waals surface area contributed by atoms with E-state index in [2.05, 4.69) is 9.82 Å². The van der Waals surface area contributed by atoms with E-state index in [0.29, 0.717) is 35.6 Å². The summed E-state index contributed by atoms with van der Waals surface area (Å²) in [4.78, 5) is 12.5. The molecule has 2 aromatic rings. The number of hydrogen-bond acceptors (Lipinski definition) is 5. The second-order valence-electron chi connectivity index (χ2n) is 6.55. The van der Waals surface area contributed by atoms with Crippen molar-refractivity contribution in [3.63, 3.8) is 0 Å². The average molecular weight is 401 g/mol. The molecule has 0 spiro atoms. The lowest BCUT2D eigenvalue weighted by Crippen LogP contribution is -2.26. The van der Waals surface area contributed by atoms with Gasteiger partial charge in [0.2, 0.25) is 15.9 Å². The number of methoxy groups -OCH3 is 1. The first kappa shape index (κ1) is 19.9. The van der Waals surface area contributed by atoms with Crippen LogP contribution in [0.15, 0.2) is 53.6 Å². The number of amides is 1. The van der Waals surface area contributed by atoms with Gasteiger partial charge < -0.3 is 4.74 Å². The number of carbonyl (C=O) groups is 1. The topological polar surface area (TPSA) is 88.1 Å². The number of ether oxygens (including phenoxy) is 1. The van der Waals surface area contributed by atoms with Crippen molar-refractivity contribution in [1.29, 1.82) is 0 Å². The standard InChI is InChI=1S/C20H23N3O4S/c1-4-20(24)23-19(14-8-7-9-15(12-14)27-2)13-18(21-23)16-10-5-6-11-17(16)22-28(3,25)26/h5-12,19,22H,4,13H2,1-3H3/t19-/m0/s1. The number of nitrogens with zero attached hydrogens (tertiary/aromatic N) is 2. The van der Waals surface area contributed by atoms with E-state index in [1.165, 1.54) is 5.01 Å². The summed E-state index contributed by atoms with van der Waals surface area (Å²) < 4.78 is 31.3. The van der Waals surface area contributed by atoms with Crippen molar-refractivity contribution in [1.82, 2.24) is 5.01 Å². The molecule has 0 aromatic heterocycles. The average Bonchev–Trinajstić information content (AvgIpc) is 3.12. The largest absolute Gasteiger partial charge is 0.497 e. The fourth-order valence-corrected chi connectivity index (χ4v) is 3.77. The molecule has 8 heteroatoms. The highest BCUT2D eigenvalue weighted by molar-refractivity contribution is 7.92. The molecule has 0 saturated carbocycles. The number of nitrogens with one attached hydrogen (secondary N) is 1. The molecule has 1 aliphatic rings. The first-order valence-corrected chi connectivity index (χ1v) is 10.8. The van der Waals surface area contributed by atoms with E-state index in [9.17, 15) is 13.2 Å². The Morgan fingerprint density at radius 3 is 2.68 bits per heavy atom. The van der Waals surface area contributed by atoms with Gasteiger partial charge in [-0.15, -0.1) is 0 Å². The zero-order chi connectivity index (χ0) is 20.3. The number of carbonyl (C=O) groups excluding carboxylic acids is 1. The lowest BCUT2D eigenvalue weighted by atomic mass is 9.97. The van der Waals surface area contributed by atoms with Crippen LogP contribution in [0.3, 0.4) is 0 Å². The summed E-state index contributed by atoms with van der Waals surface area (Å²) in [5.41, 5.74) is 2.67. The highest BCUT2D eigenvalue weighted by atomic mass is 32.2. The van der Waals surface area contributed by atoms with Gasteiger partial charge in [-0.1, -0.05) is 37.3 Å². The Kier molecular flexibility index (Phi) is 5.69. The van der Waals surface area contributed by atoms with Crippen molar-refractivity contribution in [2.45, 2.75) is 25.8 Å². The SMILES string of the molecule is CCC(=O)N1N=C(c2ccccc2NS(C)(=O)=O)C[C@H]1c1cccc(OC)c1. The van der Waals surface area contributed by atoms with Crippen LogP contribution in [0.25, 0.3) is 0 Å². The van der Waals surface area contributed by atoms with Gasteiger partial charge in [0.05, 0.1) is 30.8 Å². The van der Waals surface area contributed by atoms with Crippen molar-refractivity contribution in [2.24, 2.45) is 5.10 Å². The van der Waals surface area contributed by atoms with Gasteiger partial charge in [0.1, 0.15) is 5.75 Å². The van der Waals surface area contributed by atoms with Crippen molar-refractivity contribution in [2.75, 3.05) is 18.1 Å². The van der Waals surface area contributed by atoms with E-state index in [4.69, 9.17) is 4.74 Å². The zero-order valence-corrected chi connectivity index (χ0v) is 16.9. The van der Waals surface area contributed by atoms with Crippen molar-refractivity contribution in [3.8, 4) is 5.75 Å². The summed E-state index contributed by atoms with van der Waals surface area (Å²) in [5, 5.41) is 6.05. The zero-order valence-electron chi connectivity index (χ0n) is 16.0. The molecule has 0 unspecified atom stereocenters. The second kappa shape index (κ2) is 8.02. The van der Waals surface area contributed by atoms with Crippen LogP contribution in [-0.4, -0.2) is 38.4 Å². The number of para-hydroxylation sites is 1. The van der Waals surface area contributed by atoms with E-state index in [1.807, 2.05) is 30.3 Å². The van der Waals surface area contributed by atoms with Gasteiger partial charge in [-0.25, -0.2) is 13.4 Å². The Labute approximate surface area is 165 Å². The summed E-state index contributed by atoms with van der Waals surface area (Å²) in [6.45, 7) is 1.79.